The van der Waals surface area contributed by atoms with Crippen molar-refractivity contribution in [3.05, 3.63) is 24.7 Å². The molecule has 514 valence electrons. The second-order valence-electron chi connectivity index (χ2n) is 26.9. The third-order valence-electron chi connectivity index (χ3n) is 18.6. The van der Waals surface area contributed by atoms with Crippen molar-refractivity contribution in [2.45, 2.75) is 386 Å². The third kappa shape index (κ3) is 59.4. The Morgan fingerprint density at radius 2 is 0.547 bits per heavy atom. The molecule has 0 unspecified atom stereocenters. The molecule has 1 N–H and O–H groups in total. The van der Waals surface area contributed by atoms with E-state index >= 15 is 0 Å². The fourth-order valence-electron chi connectivity index (χ4n) is 12.6. The first-order valence-electron chi connectivity index (χ1n) is 38.6. The van der Waals surface area contributed by atoms with Gasteiger partial charge in [-0.15, -0.1) is 47.0 Å². The van der Waals surface area contributed by atoms with Crippen molar-refractivity contribution in [2.24, 2.45) is 23.7 Å². The number of aliphatic hydroxyl groups excluding tert-OH is 1. The summed E-state index contributed by atoms with van der Waals surface area (Å²) in [5.74, 6) is 10.9. The number of thioether (sulfide) groups is 4. The Morgan fingerprint density at radius 1 is 0.302 bits per heavy atom. The summed E-state index contributed by atoms with van der Waals surface area (Å²) in [7, 11) is 0. The summed E-state index contributed by atoms with van der Waals surface area (Å²) in [5.41, 5.74) is 0. The monoisotopic (exact) mass is 1280 g/mol. The average Bonchev–Trinajstić information content (AvgIpc) is 3.52. The highest BCUT2D eigenvalue weighted by atomic mass is 32.2. The molecule has 0 aromatic carbocycles. The quantitative estimate of drug-likeness (QED) is 0.0367. The van der Waals surface area contributed by atoms with Gasteiger partial charge < -0.3 is 19.5 Å². The molecule has 86 heavy (non-hydrogen) atoms. The topological polar surface area (TPSA) is 41.9 Å². The maximum atomic E-state index is 9.57. The largest absolute Gasteiger partial charge is 0.499 e. The van der Waals surface area contributed by atoms with Gasteiger partial charge in [0.2, 0.25) is 0 Å². The normalized spacial score (nSPS) is 12.1. The maximum Gasteiger partial charge on any atom is 0.0888 e. The molecule has 0 aromatic rings. The zero-order chi connectivity index (χ0) is 62.9. The van der Waals surface area contributed by atoms with Crippen LogP contribution < -0.4 is 0 Å². The lowest BCUT2D eigenvalue weighted by Gasteiger charge is -2.22. The SMILES string of the molecule is C=C(CCC(SCCC(CCCCC)CCCCC)SCCC(CCCCC)CCCCC)OCCCCCCN(CCCCO)CCCCCCOC(=C)CCC(SCCC(CCCCC)CCCCC)SCCC(CCCCC)CCCCC. The van der Waals surface area contributed by atoms with Crippen LogP contribution in [-0.4, -0.2) is 81.6 Å². The van der Waals surface area contributed by atoms with E-state index in [-0.39, 0.29) is 0 Å². The van der Waals surface area contributed by atoms with Crippen molar-refractivity contribution in [3.8, 4) is 0 Å². The molecule has 0 spiro atoms. The zero-order valence-electron chi connectivity index (χ0n) is 59.6. The second kappa shape index (κ2) is 69.7. The van der Waals surface area contributed by atoms with Crippen molar-refractivity contribution in [1.82, 2.24) is 4.90 Å². The molecule has 0 radical (unpaired) electrons. The Kier molecular flexibility index (Phi) is 70.1. The Labute approximate surface area is 559 Å². The van der Waals surface area contributed by atoms with Gasteiger partial charge >= 0.3 is 0 Å². The molecule has 0 rings (SSSR count). The van der Waals surface area contributed by atoms with Crippen molar-refractivity contribution in [3.63, 3.8) is 0 Å². The molecule has 8 heteroatoms. The molecule has 4 nitrogen and oxygen atoms in total. The summed E-state index contributed by atoms with van der Waals surface area (Å²) in [6, 6.07) is 0. The Hall–Kier alpha value is 0.400. The van der Waals surface area contributed by atoms with Crippen LogP contribution in [0.5, 0.6) is 0 Å². The molecule has 0 saturated carbocycles. The van der Waals surface area contributed by atoms with Gasteiger partial charge in [0.15, 0.2) is 0 Å². The first-order valence-corrected chi connectivity index (χ1v) is 42.8. The van der Waals surface area contributed by atoms with Crippen LogP contribution in [0, 0.1) is 23.7 Å². The fraction of sp³-hybridized carbons (Fsp3) is 0.949. The molecule has 0 aliphatic heterocycles. The molecule has 0 aliphatic carbocycles. The molecule has 0 atom stereocenters. The van der Waals surface area contributed by atoms with E-state index in [4.69, 9.17) is 9.47 Å². The van der Waals surface area contributed by atoms with E-state index in [1.807, 2.05) is 0 Å². The van der Waals surface area contributed by atoms with Crippen LogP contribution >= 0.6 is 47.0 Å². The summed E-state index contributed by atoms with van der Waals surface area (Å²) >= 11 is 9.09. The number of rotatable bonds is 74. The van der Waals surface area contributed by atoms with Crippen LogP contribution in [-0.2, 0) is 9.47 Å². The summed E-state index contributed by atoms with van der Waals surface area (Å²) < 4.78 is 14.0. The number of aliphatic hydroxyl groups is 1. The number of allylic oxidation sites excluding steroid dienone is 2. The van der Waals surface area contributed by atoms with Crippen LogP contribution in [0.2, 0.25) is 0 Å². The number of ether oxygens (including phenoxy) is 2. The van der Waals surface area contributed by atoms with Gasteiger partial charge in [-0.25, -0.2) is 0 Å². The van der Waals surface area contributed by atoms with E-state index in [1.54, 1.807) is 0 Å². The average molecular weight is 1280 g/mol. The van der Waals surface area contributed by atoms with Gasteiger partial charge in [-0.2, -0.15) is 0 Å². The second-order valence-corrected chi connectivity index (χ2v) is 32.7. The summed E-state index contributed by atoms with van der Waals surface area (Å²) in [6.45, 7) is 33.1. The molecule has 0 aromatic heterocycles. The van der Waals surface area contributed by atoms with Crippen molar-refractivity contribution in [1.29, 1.82) is 0 Å². The van der Waals surface area contributed by atoms with Gasteiger partial charge in [0.25, 0.3) is 0 Å². The summed E-state index contributed by atoms with van der Waals surface area (Å²) in [5, 5.41) is 9.57. The van der Waals surface area contributed by atoms with Crippen LogP contribution in [0.1, 0.15) is 376 Å². The summed E-state index contributed by atoms with van der Waals surface area (Å²) in [4.78, 5) is 2.68. The minimum absolute atomic E-state index is 0.302. The fourth-order valence-corrected chi connectivity index (χ4v) is 18.6. The van der Waals surface area contributed by atoms with E-state index in [1.165, 1.54) is 319 Å². The van der Waals surface area contributed by atoms with Crippen LogP contribution in [0.25, 0.3) is 0 Å². The number of unbranched alkanes of at least 4 members (excludes halogenated alkanes) is 23. The molecular weight excluding hydrogens is 1130 g/mol. The van der Waals surface area contributed by atoms with Gasteiger partial charge in [-0.1, -0.05) is 300 Å². The van der Waals surface area contributed by atoms with E-state index < -0.39 is 0 Å². The maximum absolute atomic E-state index is 9.57. The van der Waals surface area contributed by atoms with Gasteiger partial charge in [-0.3, -0.25) is 0 Å². The lowest BCUT2D eigenvalue weighted by Crippen LogP contribution is -2.27. The predicted molar refractivity (Wildman–Crippen MR) is 401 cm³/mol. The number of nitrogens with zero attached hydrogens (tertiary/aromatic N) is 1. The van der Waals surface area contributed by atoms with Gasteiger partial charge in [0.05, 0.1) is 33.9 Å². The van der Waals surface area contributed by atoms with Crippen molar-refractivity contribution in [2.75, 3.05) is 62.5 Å². The Bertz CT molecular complexity index is 1160. The lowest BCUT2D eigenvalue weighted by atomic mass is 9.93. The van der Waals surface area contributed by atoms with E-state index in [9.17, 15) is 5.11 Å². The highest BCUT2D eigenvalue weighted by Crippen LogP contribution is 2.36. The van der Waals surface area contributed by atoms with E-state index in [2.05, 4.69) is 120 Å². The highest BCUT2D eigenvalue weighted by molar-refractivity contribution is 8.17. The minimum Gasteiger partial charge on any atom is -0.499 e. The third-order valence-corrected chi connectivity index (χ3v) is 24.5. The van der Waals surface area contributed by atoms with Crippen LogP contribution in [0.4, 0.5) is 0 Å². The molecule has 0 saturated heterocycles. The van der Waals surface area contributed by atoms with Crippen LogP contribution in [0.15, 0.2) is 24.7 Å². The van der Waals surface area contributed by atoms with Gasteiger partial charge in [0.1, 0.15) is 0 Å². The molecule has 0 heterocycles. The van der Waals surface area contributed by atoms with Gasteiger partial charge in [0, 0.05) is 19.4 Å². The van der Waals surface area contributed by atoms with Gasteiger partial charge in [-0.05, 0) is 143 Å². The molecule has 0 aliphatic rings. The number of hydrogen-bond acceptors (Lipinski definition) is 8. The van der Waals surface area contributed by atoms with Crippen molar-refractivity contribution >= 4 is 47.0 Å². The first-order chi connectivity index (χ1) is 42.2. The smallest absolute Gasteiger partial charge is 0.0888 e. The highest BCUT2D eigenvalue weighted by Gasteiger charge is 2.19. The number of hydrogen-bond donors (Lipinski definition) is 1. The first kappa shape index (κ1) is 86.4. The Balaban J connectivity index is 5.03. The molecule has 0 bridgehead atoms. The van der Waals surface area contributed by atoms with Crippen LogP contribution in [0.3, 0.4) is 0 Å². The lowest BCUT2D eigenvalue weighted by molar-refractivity contribution is 0.193. The molecule has 0 amide bonds. The Morgan fingerprint density at radius 3 is 0.791 bits per heavy atom. The minimum atomic E-state index is 0.302. The van der Waals surface area contributed by atoms with E-state index in [0.717, 1.165) is 93.5 Å². The van der Waals surface area contributed by atoms with Crippen molar-refractivity contribution < 1.29 is 14.6 Å². The predicted octanol–water partition coefficient (Wildman–Crippen LogP) is 27.1. The zero-order valence-corrected chi connectivity index (χ0v) is 62.9. The summed E-state index contributed by atoms with van der Waals surface area (Å²) in [6.07, 6.45) is 66.3. The van der Waals surface area contributed by atoms with E-state index in [0.29, 0.717) is 15.8 Å². The molecular formula is C78H155NO3S4. The standard InChI is InChI=1S/C78H155NO3S4/c1-11-19-31-45-73(46-32-20-12-2)57-67-83-77(84-68-58-74(47-33-21-13-3)48-34-22-14-4)55-53-71(9)81-65-43-29-27-39-61-79(63-41-42-64-80)62-40-28-30-44-66-82-72(10)54-56-78(85-69-59-75(49-35-23-15-5)50-36-24-16-6)86-70-60-76(51-37-25-17-7)52-38-26-18-8/h73-78,80H,9-70H2,1-8H3. The molecule has 0 fully saturated rings.